The Morgan fingerprint density at radius 2 is 2.33 bits per heavy atom. The minimum absolute atomic E-state index is 0.199. The van der Waals surface area contributed by atoms with E-state index in [1.54, 1.807) is 24.1 Å². The van der Waals surface area contributed by atoms with E-state index in [9.17, 15) is 8.42 Å². The molecule has 120 valence electrons. The summed E-state index contributed by atoms with van der Waals surface area (Å²) in [5.41, 5.74) is 0. The zero-order valence-electron chi connectivity index (χ0n) is 12.7. The van der Waals surface area contributed by atoms with E-state index in [0.29, 0.717) is 13.2 Å². The lowest BCUT2D eigenvalue weighted by molar-refractivity contribution is 0.182. The van der Waals surface area contributed by atoms with Crippen molar-refractivity contribution < 1.29 is 13.2 Å². The van der Waals surface area contributed by atoms with Crippen LogP contribution in [0.5, 0.6) is 0 Å². The third-order valence-corrected chi connectivity index (χ3v) is 4.76. The normalized spacial score (nSPS) is 12.0. The number of aryl methyl sites for hydroxylation is 1. The van der Waals surface area contributed by atoms with Crippen LogP contribution in [0.25, 0.3) is 0 Å². The molecule has 1 N–H and O–H groups in total. The monoisotopic (exact) mass is 316 g/mol. The maximum atomic E-state index is 12.5. The quantitative estimate of drug-likeness (QED) is 0.470. The molecule has 1 rings (SSSR count). The van der Waals surface area contributed by atoms with E-state index in [1.165, 1.54) is 10.5 Å². The molecule has 7 nitrogen and oxygen atoms in total. The van der Waals surface area contributed by atoms with Gasteiger partial charge in [0.1, 0.15) is 4.90 Å². The molecule has 0 fully saturated rings. The summed E-state index contributed by atoms with van der Waals surface area (Å²) in [6, 6.07) is 0. The average Bonchev–Trinajstić information content (AvgIpc) is 2.93. The van der Waals surface area contributed by atoms with Crippen molar-refractivity contribution in [1.82, 2.24) is 19.4 Å². The highest BCUT2D eigenvalue weighted by Gasteiger charge is 2.24. The molecule has 0 radical (unpaired) electrons. The van der Waals surface area contributed by atoms with E-state index in [0.717, 1.165) is 13.0 Å². The van der Waals surface area contributed by atoms with E-state index in [4.69, 9.17) is 4.74 Å². The lowest BCUT2D eigenvalue weighted by Gasteiger charge is -2.19. The Hall–Kier alpha value is -1.22. The van der Waals surface area contributed by atoms with Gasteiger partial charge in [0.05, 0.1) is 12.8 Å². The van der Waals surface area contributed by atoms with Crippen LogP contribution in [0.4, 0.5) is 0 Å². The fourth-order valence-corrected chi connectivity index (χ4v) is 3.16. The number of aromatic nitrogens is 2. The molecule has 0 spiro atoms. The van der Waals surface area contributed by atoms with Gasteiger partial charge < -0.3 is 10.1 Å². The van der Waals surface area contributed by atoms with Crippen molar-refractivity contribution in [3.05, 3.63) is 25.0 Å². The van der Waals surface area contributed by atoms with E-state index >= 15 is 0 Å². The fourth-order valence-electron chi connectivity index (χ4n) is 1.81. The van der Waals surface area contributed by atoms with Crippen LogP contribution in [0.1, 0.15) is 6.42 Å². The first-order valence-corrected chi connectivity index (χ1v) is 8.27. The molecule has 0 bridgehead atoms. The minimum atomic E-state index is -3.56. The molecule has 8 heteroatoms. The van der Waals surface area contributed by atoms with Gasteiger partial charge in [0.25, 0.3) is 0 Å². The van der Waals surface area contributed by atoms with E-state index in [-0.39, 0.29) is 18.0 Å². The summed E-state index contributed by atoms with van der Waals surface area (Å²) < 4.78 is 33.0. The predicted octanol–water partition coefficient (Wildman–Crippen LogP) is 0.316. The molecule has 21 heavy (non-hydrogen) atoms. The van der Waals surface area contributed by atoms with Gasteiger partial charge in [0.15, 0.2) is 0 Å². The number of sulfonamides is 1. The Labute approximate surface area is 126 Å². The topological polar surface area (TPSA) is 76.5 Å². The molecular formula is C13H24N4O3S. The number of hydrogen-bond donors (Lipinski definition) is 1. The van der Waals surface area contributed by atoms with Gasteiger partial charge in [-0.3, -0.25) is 4.68 Å². The molecule has 0 atom stereocenters. The second-order valence-corrected chi connectivity index (χ2v) is 6.48. The third-order valence-electron chi connectivity index (χ3n) is 2.94. The average molecular weight is 316 g/mol. The number of ether oxygens (including phenoxy) is 1. The Kier molecular flexibility index (Phi) is 7.58. The van der Waals surface area contributed by atoms with Crippen molar-refractivity contribution in [3.8, 4) is 0 Å². The van der Waals surface area contributed by atoms with Crippen molar-refractivity contribution in [2.45, 2.75) is 17.9 Å². The van der Waals surface area contributed by atoms with Gasteiger partial charge in [-0.2, -0.15) is 9.40 Å². The lowest BCUT2D eigenvalue weighted by Crippen LogP contribution is -2.33. The van der Waals surface area contributed by atoms with Crippen molar-refractivity contribution in [2.75, 3.05) is 40.4 Å². The standard InChI is InChI=1S/C13H24N4O3S/c1-4-7-17(9-10-20-3)21(18,19)13-11-15-16(12-13)8-5-6-14-2/h4,11-12,14H,1,5-10H2,2-3H3. The third kappa shape index (κ3) is 5.24. The zero-order valence-corrected chi connectivity index (χ0v) is 13.5. The second-order valence-electron chi connectivity index (χ2n) is 4.54. The Morgan fingerprint density at radius 3 is 2.95 bits per heavy atom. The second kappa shape index (κ2) is 8.93. The fraction of sp³-hybridized carbons (Fsp3) is 0.615. The molecular weight excluding hydrogens is 292 g/mol. The maximum Gasteiger partial charge on any atom is 0.246 e. The number of hydrogen-bond acceptors (Lipinski definition) is 5. The molecule has 0 aliphatic rings. The first kappa shape index (κ1) is 17.8. The summed E-state index contributed by atoms with van der Waals surface area (Å²) in [7, 11) is -0.145. The highest BCUT2D eigenvalue weighted by molar-refractivity contribution is 7.89. The summed E-state index contributed by atoms with van der Waals surface area (Å²) in [5, 5.41) is 7.14. The van der Waals surface area contributed by atoms with Crippen molar-refractivity contribution in [1.29, 1.82) is 0 Å². The first-order chi connectivity index (χ1) is 10.1. The molecule has 0 aliphatic heterocycles. The highest BCUT2D eigenvalue weighted by Crippen LogP contribution is 2.14. The van der Waals surface area contributed by atoms with E-state index in [1.807, 2.05) is 7.05 Å². The number of methoxy groups -OCH3 is 1. The number of nitrogens with zero attached hydrogens (tertiary/aromatic N) is 3. The predicted molar refractivity (Wildman–Crippen MR) is 81.6 cm³/mol. The molecule has 0 aromatic carbocycles. The number of rotatable bonds is 11. The van der Waals surface area contributed by atoms with Gasteiger partial charge in [0.2, 0.25) is 10.0 Å². The van der Waals surface area contributed by atoms with Gasteiger partial charge in [-0.15, -0.1) is 6.58 Å². The zero-order chi connectivity index (χ0) is 15.7. The SMILES string of the molecule is C=CCN(CCOC)S(=O)(=O)c1cnn(CCCNC)c1. The summed E-state index contributed by atoms with van der Waals surface area (Å²) in [6.45, 7) is 6.00. The summed E-state index contributed by atoms with van der Waals surface area (Å²) in [4.78, 5) is 0.199. The summed E-state index contributed by atoms with van der Waals surface area (Å²) in [6.07, 6.45) is 5.40. The highest BCUT2D eigenvalue weighted by atomic mass is 32.2. The van der Waals surface area contributed by atoms with Crippen LogP contribution in [-0.4, -0.2) is 62.9 Å². The van der Waals surface area contributed by atoms with E-state index in [2.05, 4.69) is 17.0 Å². The Balaban J connectivity index is 2.81. The van der Waals surface area contributed by atoms with Crippen LogP contribution in [0, 0.1) is 0 Å². The molecule has 1 heterocycles. The summed E-state index contributed by atoms with van der Waals surface area (Å²) in [5.74, 6) is 0. The van der Waals surface area contributed by atoms with Gasteiger partial charge in [-0.1, -0.05) is 6.08 Å². The van der Waals surface area contributed by atoms with Crippen molar-refractivity contribution in [2.24, 2.45) is 0 Å². The smallest absolute Gasteiger partial charge is 0.246 e. The molecule has 0 aliphatic carbocycles. The van der Waals surface area contributed by atoms with Crippen LogP contribution in [-0.2, 0) is 21.3 Å². The molecule has 0 amide bonds. The van der Waals surface area contributed by atoms with Gasteiger partial charge in [-0.25, -0.2) is 8.42 Å². The van der Waals surface area contributed by atoms with Crippen LogP contribution < -0.4 is 5.32 Å². The molecule has 1 aromatic rings. The summed E-state index contributed by atoms with van der Waals surface area (Å²) >= 11 is 0. The molecule has 0 saturated carbocycles. The van der Waals surface area contributed by atoms with Crippen molar-refractivity contribution in [3.63, 3.8) is 0 Å². The lowest BCUT2D eigenvalue weighted by atomic mass is 10.4. The van der Waals surface area contributed by atoms with Crippen LogP contribution >= 0.6 is 0 Å². The van der Waals surface area contributed by atoms with Crippen molar-refractivity contribution >= 4 is 10.0 Å². The number of nitrogens with one attached hydrogen (secondary N) is 1. The van der Waals surface area contributed by atoms with E-state index < -0.39 is 10.0 Å². The Morgan fingerprint density at radius 1 is 1.57 bits per heavy atom. The minimum Gasteiger partial charge on any atom is -0.383 e. The van der Waals surface area contributed by atoms with Crippen LogP contribution in [0.3, 0.4) is 0 Å². The molecule has 0 saturated heterocycles. The van der Waals surface area contributed by atoms with Crippen LogP contribution in [0.15, 0.2) is 29.9 Å². The molecule has 0 unspecified atom stereocenters. The van der Waals surface area contributed by atoms with Gasteiger partial charge in [-0.05, 0) is 20.0 Å². The van der Waals surface area contributed by atoms with Crippen LogP contribution in [0.2, 0.25) is 0 Å². The first-order valence-electron chi connectivity index (χ1n) is 6.83. The largest absolute Gasteiger partial charge is 0.383 e. The van der Waals surface area contributed by atoms with Gasteiger partial charge >= 0.3 is 0 Å². The maximum absolute atomic E-state index is 12.5. The van der Waals surface area contributed by atoms with Gasteiger partial charge in [0, 0.05) is 32.9 Å². The Bertz CT molecular complexity index is 527. The molecule has 1 aromatic heterocycles.